The predicted molar refractivity (Wildman–Crippen MR) is 126 cm³/mol. The smallest absolute Gasteiger partial charge is 0.339 e. The van der Waals surface area contributed by atoms with Crippen LogP contribution in [0.3, 0.4) is 0 Å². The lowest BCUT2D eigenvalue weighted by Crippen LogP contribution is -2.44. The molecule has 0 unspecified atom stereocenters. The molecule has 34 heavy (non-hydrogen) atoms. The Bertz CT molecular complexity index is 1490. The van der Waals surface area contributed by atoms with E-state index in [-0.39, 0.29) is 28.5 Å². The minimum atomic E-state index is -1.23. The van der Waals surface area contributed by atoms with E-state index in [0.717, 1.165) is 11.1 Å². The summed E-state index contributed by atoms with van der Waals surface area (Å²) in [6.45, 7) is 2.93. The van der Waals surface area contributed by atoms with Crippen LogP contribution in [-0.4, -0.2) is 39.7 Å². The molecule has 0 saturated heterocycles. The van der Waals surface area contributed by atoms with E-state index in [1.165, 1.54) is 18.2 Å². The van der Waals surface area contributed by atoms with Crippen molar-refractivity contribution in [2.24, 2.45) is 0 Å². The molecule has 4 N–H and O–H groups in total. The van der Waals surface area contributed by atoms with Crippen molar-refractivity contribution in [3.8, 4) is 11.5 Å². The molecule has 0 saturated carbocycles. The minimum Gasteiger partial charge on any atom is -0.508 e. The topological polar surface area (TPSA) is 142 Å². The molecule has 176 valence electrons. The van der Waals surface area contributed by atoms with Crippen LogP contribution in [0.5, 0.6) is 11.5 Å². The fourth-order valence-corrected chi connectivity index (χ4v) is 3.91. The number of nitrogens with one attached hydrogen (secondary N) is 2. The van der Waals surface area contributed by atoms with Crippen molar-refractivity contribution >= 4 is 45.3 Å². The molecule has 0 aliphatic heterocycles. The number of aromatic nitrogens is 1. The molecule has 9 nitrogen and oxygen atoms in total. The van der Waals surface area contributed by atoms with E-state index in [2.05, 4.69) is 10.3 Å². The number of aromatic amines is 1. The lowest BCUT2D eigenvalue weighted by atomic mass is 10.0. The molecule has 1 amide bonds. The van der Waals surface area contributed by atoms with E-state index in [1.807, 2.05) is 0 Å². The Hall–Kier alpha value is -3.98. The summed E-state index contributed by atoms with van der Waals surface area (Å²) in [7, 11) is 0. The highest BCUT2D eigenvalue weighted by Crippen LogP contribution is 2.31. The van der Waals surface area contributed by atoms with Crippen molar-refractivity contribution in [1.29, 1.82) is 0 Å². The number of carboxylic acids is 1. The summed E-state index contributed by atoms with van der Waals surface area (Å²) < 4.78 is 10.8. The van der Waals surface area contributed by atoms with Crippen LogP contribution in [0, 0.1) is 13.8 Å². The van der Waals surface area contributed by atoms with Gasteiger partial charge in [0.1, 0.15) is 23.1 Å². The second kappa shape index (κ2) is 9.11. The number of fused-ring (bicyclic) bond motifs is 2. The maximum absolute atomic E-state index is 12.4. The number of halogens is 1. The average Bonchev–Trinajstić information content (AvgIpc) is 3.18. The zero-order chi connectivity index (χ0) is 24.6. The third-order valence-corrected chi connectivity index (χ3v) is 5.97. The number of benzene rings is 2. The van der Waals surface area contributed by atoms with Crippen LogP contribution >= 0.6 is 11.6 Å². The molecule has 10 heteroatoms. The van der Waals surface area contributed by atoms with E-state index in [1.54, 1.807) is 32.2 Å². The van der Waals surface area contributed by atoms with Gasteiger partial charge in [-0.05, 0) is 49.2 Å². The van der Waals surface area contributed by atoms with Gasteiger partial charge in [-0.25, -0.2) is 9.59 Å². The number of aromatic hydroxyl groups is 1. The van der Waals surface area contributed by atoms with E-state index in [0.29, 0.717) is 21.9 Å². The number of amides is 1. The first-order chi connectivity index (χ1) is 16.1. The predicted octanol–water partition coefficient (Wildman–Crippen LogP) is 3.44. The van der Waals surface area contributed by atoms with Crippen LogP contribution in [0.1, 0.15) is 16.7 Å². The Kier molecular flexibility index (Phi) is 6.21. The Morgan fingerprint density at radius 3 is 2.68 bits per heavy atom. The monoisotopic (exact) mass is 484 g/mol. The number of rotatable bonds is 7. The molecule has 0 fully saturated rings. The standard InChI is InChI=1S/C24H21ClN2O7/c1-11-12(2)24(32)34-20-8-21(17(25)7-15(11)20)33-10-22(29)27-19(23(30)31)5-13-9-26-18-4-3-14(28)6-16(13)18/h3-4,6-9,19,26,28H,5,10H2,1-2H3,(H,27,29)(H,30,31)/t19-/m0/s1. The van der Waals surface area contributed by atoms with Crippen molar-refractivity contribution < 1.29 is 29.0 Å². The van der Waals surface area contributed by atoms with Gasteiger partial charge in [-0.2, -0.15) is 0 Å². The van der Waals surface area contributed by atoms with E-state index in [9.17, 15) is 24.6 Å². The highest BCUT2D eigenvalue weighted by atomic mass is 35.5. The van der Waals surface area contributed by atoms with Gasteiger partial charge >= 0.3 is 11.6 Å². The number of phenolic OH excluding ortho intramolecular Hbond substituents is 1. The lowest BCUT2D eigenvalue weighted by Gasteiger charge is -2.15. The van der Waals surface area contributed by atoms with Crippen LogP contribution in [0.2, 0.25) is 5.02 Å². The minimum absolute atomic E-state index is 0.00889. The number of carboxylic acid groups (broad SMARTS) is 1. The summed E-state index contributed by atoms with van der Waals surface area (Å²) in [5.74, 6) is -1.73. The summed E-state index contributed by atoms with van der Waals surface area (Å²) in [5.41, 5.74) is 2.34. The number of aliphatic carboxylic acids is 1. The Balaban J connectivity index is 1.47. The van der Waals surface area contributed by atoms with Crippen molar-refractivity contribution in [2.75, 3.05) is 6.61 Å². The second-order valence-corrected chi connectivity index (χ2v) is 8.32. The maximum atomic E-state index is 12.4. The molecular weight excluding hydrogens is 464 g/mol. The zero-order valence-corrected chi connectivity index (χ0v) is 19.0. The van der Waals surface area contributed by atoms with Crippen molar-refractivity contribution in [2.45, 2.75) is 26.3 Å². The molecule has 4 aromatic rings. The number of hydrogen-bond acceptors (Lipinski definition) is 6. The van der Waals surface area contributed by atoms with Gasteiger partial charge in [0, 0.05) is 40.5 Å². The van der Waals surface area contributed by atoms with Gasteiger partial charge in [0.2, 0.25) is 0 Å². The highest BCUT2D eigenvalue weighted by Gasteiger charge is 2.23. The van der Waals surface area contributed by atoms with Gasteiger partial charge in [0.05, 0.1) is 5.02 Å². The number of ether oxygens (including phenoxy) is 1. The van der Waals surface area contributed by atoms with Crippen LogP contribution < -0.4 is 15.7 Å². The summed E-state index contributed by atoms with van der Waals surface area (Å²) in [6.07, 6.45) is 1.63. The van der Waals surface area contributed by atoms with E-state index >= 15 is 0 Å². The number of aryl methyl sites for hydroxylation is 1. The lowest BCUT2D eigenvalue weighted by molar-refractivity contribution is -0.142. The van der Waals surface area contributed by atoms with Gasteiger partial charge in [0.25, 0.3) is 5.91 Å². The molecular formula is C24H21ClN2O7. The molecule has 2 aromatic heterocycles. The van der Waals surface area contributed by atoms with Crippen LogP contribution in [0.25, 0.3) is 21.9 Å². The zero-order valence-electron chi connectivity index (χ0n) is 18.3. The number of carbonyl (C=O) groups is 2. The Morgan fingerprint density at radius 2 is 1.94 bits per heavy atom. The maximum Gasteiger partial charge on any atom is 0.339 e. The third kappa shape index (κ3) is 4.55. The van der Waals surface area contributed by atoms with Crippen molar-refractivity contribution in [3.05, 3.63) is 68.7 Å². The third-order valence-electron chi connectivity index (χ3n) is 5.68. The summed E-state index contributed by atoms with van der Waals surface area (Å²) in [5, 5.41) is 23.3. The highest BCUT2D eigenvalue weighted by molar-refractivity contribution is 6.32. The van der Waals surface area contributed by atoms with Gasteiger partial charge in [-0.3, -0.25) is 4.79 Å². The fourth-order valence-electron chi connectivity index (χ4n) is 3.69. The Labute approximate surface area is 197 Å². The quantitative estimate of drug-likeness (QED) is 0.294. The molecule has 0 aliphatic rings. The average molecular weight is 485 g/mol. The second-order valence-electron chi connectivity index (χ2n) is 7.91. The largest absolute Gasteiger partial charge is 0.508 e. The molecule has 0 aliphatic carbocycles. The number of carbonyl (C=O) groups excluding carboxylic acids is 1. The van der Waals surface area contributed by atoms with Gasteiger partial charge in [0.15, 0.2) is 6.61 Å². The SMILES string of the molecule is Cc1c(C)c2cc(Cl)c(OCC(=O)N[C@@H](Cc3c[nH]c4ccc(O)cc34)C(=O)O)cc2oc1=O. The molecule has 2 heterocycles. The van der Waals surface area contributed by atoms with Gasteiger partial charge in [-0.15, -0.1) is 0 Å². The van der Waals surface area contributed by atoms with Crippen molar-refractivity contribution in [3.63, 3.8) is 0 Å². The van der Waals surface area contributed by atoms with Crippen LogP contribution in [-0.2, 0) is 16.0 Å². The molecule has 1 atom stereocenters. The summed E-state index contributed by atoms with van der Waals surface area (Å²) in [4.78, 5) is 39.2. The van der Waals surface area contributed by atoms with Gasteiger partial charge < -0.3 is 29.7 Å². The fraction of sp³-hybridized carbons (Fsp3) is 0.208. The first-order valence-corrected chi connectivity index (χ1v) is 10.7. The molecule has 2 aromatic carbocycles. The van der Waals surface area contributed by atoms with Crippen molar-refractivity contribution in [1.82, 2.24) is 10.3 Å². The number of hydrogen-bond donors (Lipinski definition) is 4. The normalized spacial score (nSPS) is 12.1. The van der Waals surface area contributed by atoms with E-state index in [4.69, 9.17) is 20.8 Å². The van der Waals surface area contributed by atoms with Crippen LogP contribution in [0.15, 0.2) is 45.7 Å². The summed E-state index contributed by atoms with van der Waals surface area (Å²) >= 11 is 6.28. The number of phenols is 1. The molecule has 0 radical (unpaired) electrons. The summed E-state index contributed by atoms with van der Waals surface area (Å²) in [6, 6.07) is 6.49. The molecule has 0 spiro atoms. The van der Waals surface area contributed by atoms with Gasteiger partial charge in [-0.1, -0.05) is 11.6 Å². The van der Waals surface area contributed by atoms with Crippen LogP contribution in [0.4, 0.5) is 0 Å². The van der Waals surface area contributed by atoms with E-state index < -0.39 is 30.2 Å². The first-order valence-electron chi connectivity index (χ1n) is 10.3. The molecule has 0 bridgehead atoms. The molecule has 4 rings (SSSR count). The first kappa shape index (κ1) is 23.2. The number of H-pyrrole nitrogens is 1. The Morgan fingerprint density at radius 1 is 1.18 bits per heavy atom.